The molecule has 0 bridgehead atoms. The van der Waals surface area contributed by atoms with Gasteiger partial charge in [0, 0.05) is 12.1 Å². The van der Waals surface area contributed by atoms with Gasteiger partial charge in [0.1, 0.15) is 12.4 Å². The predicted molar refractivity (Wildman–Crippen MR) is 75.6 cm³/mol. The second-order valence-corrected chi connectivity index (χ2v) is 4.95. The topological polar surface area (TPSA) is 120 Å². The van der Waals surface area contributed by atoms with Crippen molar-refractivity contribution in [1.82, 2.24) is 15.2 Å². The fourth-order valence-corrected chi connectivity index (χ4v) is 1.64. The minimum Gasteiger partial charge on any atom is -0.486 e. The third-order valence-electron chi connectivity index (χ3n) is 2.99. The summed E-state index contributed by atoms with van der Waals surface area (Å²) in [6.45, 7) is 4.18. The number of aromatic amines is 1. The molecular weight excluding hydrogens is 274 g/mol. The van der Waals surface area contributed by atoms with Gasteiger partial charge in [-0.2, -0.15) is 5.10 Å². The Hall–Kier alpha value is -2.48. The number of hydrogen-bond acceptors (Lipinski definition) is 6. The molecule has 0 unspecified atom stereocenters. The maximum Gasteiger partial charge on any atom is 0.269 e. The molecule has 0 aliphatic carbocycles. The van der Waals surface area contributed by atoms with Crippen molar-refractivity contribution in [2.45, 2.75) is 26.5 Å². The number of nitro groups is 1. The average molecular weight is 291 g/mol. The molecule has 0 amide bonds. The van der Waals surface area contributed by atoms with Gasteiger partial charge in [0.25, 0.3) is 5.69 Å². The number of ether oxygens (including phenoxy) is 1. The Morgan fingerprint density at radius 1 is 1.38 bits per heavy atom. The number of hydrogen-bond donors (Lipinski definition) is 2. The molecule has 0 aliphatic rings. The summed E-state index contributed by atoms with van der Waals surface area (Å²) in [5.74, 6) is 1.86. The predicted octanol–water partition coefficient (Wildman–Crippen LogP) is 1.95. The van der Waals surface area contributed by atoms with E-state index in [4.69, 9.17) is 10.5 Å². The van der Waals surface area contributed by atoms with Crippen LogP contribution < -0.4 is 10.5 Å². The minimum atomic E-state index is -0.459. The second-order valence-electron chi connectivity index (χ2n) is 4.95. The van der Waals surface area contributed by atoms with Gasteiger partial charge in [-0.1, -0.05) is 13.8 Å². The van der Waals surface area contributed by atoms with E-state index in [1.165, 1.54) is 24.3 Å². The number of aromatic nitrogens is 3. The number of benzene rings is 1. The van der Waals surface area contributed by atoms with Crippen molar-refractivity contribution in [2.24, 2.45) is 11.7 Å². The normalized spacial score (nSPS) is 12.4. The molecule has 0 radical (unpaired) electrons. The maximum atomic E-state index is 10.5. The highest BCUT2D eigenvalue weighted by Crippen LogP contribution is 2.18. The molecular formula is C13H17N5O3. The quantitative estimate of drug-likeness (QED) is 0.620. The number of nitrogens with zero attached hydrogens (tertiary/aromatic N) is 3. The highest BCUT2D eigenvalue weighted by molar-refractivity contribution is 5.35. The highest BCUT2D eigenvalue weighted by atomic mass is 16.6. The molecule has 0 spiro atoms. The number of non-ortho nitro benzene ring substituents is 1. The number of H-pyrrole nitrogens is 1. The Kier molecular flexibility index (Phi) is 4.49. The Balaban J connectivity index is 1.95. The van der Waals surface area contributed by atoms with Crippen molar-refractivity contribution in [3.05, 3.63) is 46.0 Å². The smallest absolute Gasteiger partial charge is 0.269 e. The molecule has 21 heavy (non-hydrogen) atoms. The molecule has 0 saturated carbocycles. The van der Waals surface area contributed by atoms with E-state index >= 15 is 0 Å². The number of nitrogens with one attached hydrogen (secondary N) is 1. The Bertz CT molecular complexity index is 609. The fourth-order valence-electron chi connectivity index (χ4n) is 1.64. The van der Waals surface area contributed by atoms with Gasteiger partial charge in [0.05, 0.1) is 11.0 Å². The lowest BCUT2D eigenvalue weighted by Crippen LogP contribution is -2.18. The Labute approximate surface area is 121 Å². The summed E-state index contributed by atoms with van der Waals surface area (Å²) in [4.78, 5) is 14.4. The van der Waals surface area contributed by atoms with E-state index in [0.717, 1.165) is 0 Å². The fraction of sp³-hybridized carbons (Fsp3) is 0.385. The number of nitrogens with two attached hydrogens (primary N) is 1. The molecule has 2 rings (SSSR count). The molecule has 1 aromatic carbocycles. The first-order valence-corrected chi connectivity index (χ1v) is 6.51. The van der Waals surface area contributed by atoms with Crippen molar-refractivity contribution >= 4 is 5.69 Å². The van der Waals surface area contributed by atoms with Crippen LogP contribution in [0, 0.1) is 16.0 Å². The van der Waals surface area contributed by atoms with Gasteiger partial charge < -0.3 is 10.5 Å². The van der Waals surface area contributed by atoms with Gasteiger partial charge in [-0.25, -0.2) is 4.98 Å². The van der Waals surface area contributed by atoms with Crippen LogP contribution in [0.4, 0.5) is 5.69 Å². The third kappa shape index (κ3) is 3.76. The summed E-state index contributed by atoms with van der Waals surface area (Å²) in [6.07, 6.45) is 0. The zero-order valence-electron chi connectivity index (χ0n) is 11.8. The van der Waals surface area contributed by atoms with Crippen LogP contribution in [0.5, 0.6) is 5.75 Å². The summed E-state index contributed by atoms with van der Waals surface area (Å²) in [5.41, 5.74) is 5.97. The molecule has 0 saturated heterocycles. The Morgan fingerprint density at radius 3 is 2.62 bits per heavy atom. The van der Waals surface area contributed by atoms with Gasteiger partial charge in [-0.15, -0.1) is 0 Å². The second kappa shape index (κ2) is 6.31. The maximum absolute atomic E-state index is 10.5. The van der Waals surface area contributed by atoms with Crippen LogP contribution >= 0.6 is 0 Å². The summed E-state index contributed by atoms with van der Waals surface area (Å²) in [6, 6.07) is 5.62. The van der Waals surface area contributed by atoms with E-state index in [0.29, 0.717) is 17.4 Å². The van der Waals surface area contributed by atoms with Gasteiger partial charge in [-0.05, 0) is 18.1 Å². The monoisotopic (exact) mass is 291 g/mol. The van der Waals surface area contributed by atoms with E-state index < -0.39 is 4.92 Å². The number of rotatable bonds is 6. The van der Waals surface area contributed by atoms with Crippen molar-refractivity contribution in [3.8, 4) is 5.75 Å². The summed E-state index contributed by atoms with van der Waals surface area (Å²) in [7, 11) is 0. The highest BCUT2D eigenvalue weighted by Gasteiger charge is 2.15. The lowest BCUT2D eigenvalue weighted by Gasteiger charge is -2.10. The standard InChI is InChI=1S/C13H17N5O3/c1-8(2)12(14)13-15-11(16-17-13)7-21-10-5-3-9(4-6-10)18(19)20/h3-6,8,12H,7,14H2,1-2H3,(H,15,16,17)/t12-/m1/s1. The molecule has 0 fully saturated rings. The molecule has 1 aromatic heterocycles. The van der Waals surface area contributed by atoms with Gasteiger partial charge >= 0.3 is 0 Å². The van der Waals surface area contributed by atoms with E-state index in [9.17, 15) is 10.1 Å². The van der Waals surface area contributed by atoms with E-state index in [-0.39, 0.29) is 24.3 Å². The number of nitro benzene ring substituents is 1. The first-order valence-electron chi connectivity index (χ1n) is 6.51. The van der Waals surface area contributed by atoms with E-state index in [2.05, 4.69) is 15.2 Å². The molecule has 1 atom stereocenters. The van der Waals surface area contributed by atoms with Crippen LogP contribution in [-0.2, 0) is 6.61 Å². The van der Waals surface area contributed by atoms with Gasteiger partial charge in [-0.3, -0.25) is 15.2 Å². The van der Waals surface area contributed by atoms with Gasteiger partial charge in [0.15, 0.2) is 11.6 Å². The van der Waals surface area contributed by atoms with E-state index in [1.54, 1.807) is 0 Å². The van der Waals surface area contributed by atoms with Crippen LogP contribution in [0.3, 0.4) is 0 Å². The SMILES string of the molecule is CC(C)[C@@H](N)c1n[nH]c(COc2ccc([N+](=O)[O-])cc2)n1. The largest absolute Gasteiger partial charge is 0.486 e. The van der Waals surface area contributed by atoms with Crippen molar-refractivity contribution in [1.29, 1.82) is 0 Å². The summed E-state index contributed by atoms with van der Waals surface area (Å²) >= 11 is 0. The lowest BCUT2D eigenvalue weighted by molar-refractivity contribution is -0.384. The van der Waals surface area contributed by atoms with Crippen molar-refractivity contribution in [2.75, 3.05) is 0 Å². The third-order valence-corrected chi connectivity index (χ3v) is 2.99. The molecule has 8 heteroatoms. The zero-order chi connectivity index (χ0) is 15.4. The first kappa shape index (κ1) is 14.9. The van der Waals surface area contributed by atoms with Crippen LogP contribution in [-0.4, -0.2) is 20.1 Å². The van der Waals surface area contributed by atoms with Crippen molar-refractivity contribution in [3.63, 3.8) is 0 Å². The molecule has 112 valence electrons. The summed E-state index contributed by atoms with van der Waals surface area (Å²) < 4.78 is 5.48. The van der Waals surface area contributed by atoms with Gasteiger partial charge in [0.2, 0.25) is 0 Å². The van der Waals surface area contributed by atoms with Crippen LogP contribution in [0.1, 0.15) is 31.5 Å². The van der Waals surface area contributed by atoms with Crippen LogP contribution in [0.2, 0.25) is 0 Å². The molecule has 3 N–H and O–H groups in total. The van der Waals surface area contributed by atoms with Crippen LogP contribution in [0.25, 0.3) is 0 Å². The average Bonchev–Trinajstić information content (AvgIpc) is 2.93. The first-order chi connectivity index (χ1) is 9.97. The Morgan fingerprint density at radius 2 is 2.05 bits per heavy atom. The van der Waals surface area contributed by atoms with Crippen molar-refractivity contribution < 1.29 is 9.66 Å². The van der Waals surface area contributed by atoms with E-state index in [1.807, 2.05) is 13.8 Å². The molecule has 0 aliphatic heterocycles. The van der Waals surface area contributed by atoms with Crippen LogP contribution in [0.15, 0.2) is 24.3 Å². The summed E-state index contributed by atoms with van der Waals surface area (Å²) in [5, 5.41) is 17.4. The lowest BCUT2D eigenvalue weighted by atomic mass is 10.1. The molecule has 2 aromatic rings. The molecule has 8 nitrogen and oxygen atoms in total. The zero-order valence-corrected chi connectivity index (χ0v) is 11.8. The molecule has 1 heterocycles. The minimum absolute atomic E-state index is 0.0206.